The van der Waals surface area contributed by atoms with Gasteiger partial charge in [-0.2, -0.15) is 4.98 Å². The van der Waals surface area contributed by atoms with Crippen LogP contribution < -0.4 is 5.32 Å². The molecule has 2 heterocycles. The third-order valence-electron chi connectivity index (χ3n) is 3.08. The van der Waals surface area contributed by atoms with E-state index in [2.05, 4.69) is 25.5 Å². The molecule has 2 aromatic heterocycles. The van der Waals surface area contributed by atoms with Gasteiger partial charge in [0.2, 0.25) is 11.1 Å². The molecule has 0 aliphatic heterocycles. The average Bonchev–Trinajstić information content (AvgIpc) is 3.07. The molecular weight excluding hydrogens is 329 g/mol. The molecular formula is C16H14FN5OS. The molecule has 8 heteroatoms. The van der Waals surface area contributed by atoms with E-state index in [0.29, 0.717) is 22.4 Å². The minimum absolute atomic E-state index is 0.183. The van der Waals surface area contributed by atoms with E-state index in [1.165, 1.54) is 23.9 Å². The van der Waals surface area contributed by atoms with Crippen LogP contribution in [0.1, 0.15) is 6.42 Å². The summed E-state index contributed by atoms with van der Waals surface area (Å²) in [5.41, 5.74) is 0.886. The summed E-state index contributed by atoms with van der Waals surface area (Å²) in [7, 11) is 0. The number of carbonyl (C=O) groups excluding carboxylic acids is 1. The van der Waals surface area contributed by atoms with Crippen molar-refractivity contribution in [3.8, 4) is 11.5 Å². The molecule has 24 heavy (non-hydrogen) atoms. The Balaban J connectivity index is 1.49. The molecule has 0 fully saturated rings. The lowest BCUT2D eigenvalue weighted by Crippen LogP contribution is -2.13. The van der Waals surface area contributed by atoms with E-state index in [1.54, 1.807) is 18.3 Å². The number of hydrogen-bond acceptors (Lipinski definition) is 5. The highest BCUT2D eigenvalue weighted by Gasteiger charge is 2.09. The van der Waals surface area contributed by atoms with Gasteiger partial charge in [-0.15, -0.1) is 5.10 Å². The monoisotopic (exact) mass is 343 g/mol. The molecule has 0 spiro atoms. The van der Waals surface area contributed by atoms with Gasteiger partial charge in [-0.25, -0.2) is 4.39 Å². The number of rotatable bonds is 6. The number of anilines is 1. The number of aromatic nitrogens is 4. The van der Waals surface area contributed by atoms with Gasteiger partial charge in [0.1, 0.15) is 11.5 Å². The number of hydrogen-bond donors (Lipinski definition) is 2. The molecule has 0 atom stereocenters. The van der Waals surface area contributed by atoms with E-state index in [9.17, 15) is 9.18 Å². The standard InChI is InChI=1S/C16H14FN5OS/c17-11-5-1-2-6-12(11)19-14(23)8-10-24-16-20-15(21-22-16)13-7-3-4-9-18-13/h1-7,9H,8,10H2,(H,19,23)(H,20,21,22). The summed E-state index contributed by atoms with van der Waals surface area (Å²) < 4.78 is 13.5. The maximum Gasteiger partial charge on any atom is 0.225 e. The number of carbonyl (C=O) groups is 1. The molecule has 0 radical (unpaired) electrons. The smallest absolute Gasteiger partial charge is 0.225 e. The van der Waals surface area contributed by atoms with Crippen molar-refractivity contribution in [2.75, 3.05) is 11.1 Å². The quantitative estimate of drug-likeness (QED) is 0.672. The van der Waals surface area contributed by atoms with Crippen LogP contribution in [0, 0.1) is 5.82 Å². The van der Waals surface area contributed by atoms with E-state index in [4.69, 9.17) is 0 Å². The van der Waals surface area contributed by atoms with Crippen molar-refractivity contribution in [2.24, 2.45) is 0 Å². The molecule has 1 aromatic carbocycles. The van der Waals surface area contributed by atoms with Gasteiger partial charge in [-0.1, -0.05) is 30.0 Å². The zero-order chi connectivity index (χ0) is 16.8. The van der Waals surface area contributed by atoms with Crippen LogP contribution in [0.15, 0.2) is 53.8 Å². The third-order valence-corrected chi connectivity index (χ3v) is 3.93. The number of halogens is 1. The summed E-state index contributed by atoms with van der Waals surface area (Å²) in [5.74, 6) is 0.356. The highest BCUT2D eigenvalue weighted by molar-refractivity contribution is 7.99. The Labute approximate surface area is 141 Å². The molecule has 0 aliphatic rings. The number of para-hydroxylation sites is 1. The van der Waals surface area contributed by atoms with Crippen molar-refractivity contribution in [1.29, 1.82) is 0 Å². The maximum absolute atomic E-state index is 13.5. The molecule has 0 saturated heterocycles. The Kier molecular flexibility index (Phi) is 5.17. The summed E-state index contributed by atoms with van der Waals surface area (Å²) in [6.45, 7) is 0. The first kappa shape index (κ1) is 16.1. The summed E-state index contributed by atoms with van der Waals surface area (Å²) in [6, 6.07) is 11.6. The van der Waals surface area contributed by atoms with Gasteiger partial charge < -0.3 is 5.32 Å². The Hall–Kier alpha value is -2.74. The molecule has 0 saturated carbocycles. The Morgan fingerprint density at radius 2 is 2.04 bits per heavy atom. The first-order chi connectivity index (χ1) is 11.7. The first-order valence-corrected chi connectivity index (χ1v) is 8.22. The molecule has 0 bridgehead atoms. The summed E-state index contributed by atoms with van der Waals surface area (Å²) in [4.78, 5) is 20.3. The lowest BCUT2D eigenvalue weighted by Gasteiger charge is -2.05. The van der Waals surface area contributed by atoms with E-state index < -0.39 is 5.82 Å². The van der Waals surface area contributed by atoms with E-state index in [0.717, 1.165) is 0 Å². The third kappa shape index (κ3) is 4.17. The second-order valence-corrected chi connectivity index (χ2v) is 5.87. The van der Waals surface area contributed by atoms with Crippen LogP contribution >= 0.6 is 11.8 Å². The highest BCUT2D eigenvalue weighted by Crippen LogP contribution is 2.18. The second-order valence-electron chi connectivity index (χ2n) is 4.81. The molecule has 3 rings (SSSR count). The van der Waals surface area contributed by atoms with Gasteiger partial charge in [0, 0.05) is 18.4 Å². The van der Waals surface area contributed by atoms with Crippen molar-refractivity contribution in [3.63, 3.8) is 0 Å². The van der Waals surface area contributed by atoms with Crippen LogP contribution in [0.2, 0.25) is 0 Å². The van der Waals surface area contributed by atoms with Crippen LogP contribution in [-0.4, -0.2) is 31.8 Å². The predicted molar refractivity (Wildman–Crippen MR) is 90.0 cm³/mol. The predicted octanol–water partition coefficient (Wildman–Crippen LogP) is 3.13. The fourth-order valence-corrected chi connectivity index (χ4v) is 2.67. The van der Waals surface area contributed by atoms with Crippen molar-refractivity contribution >= 4 is 23.4 Å². The number of nitrogens with one attached hydrogen (secondary N) is 2. The SMILES string of the molecule is O=C(CCSc1n[nH]c(-c2ccccn2)n1)Nc1ccccc1F. The van der Waals surface area contributed by atoms with E-state index in [1.807, 2.05) is 18.2 Å². The van der Waals surface area contributed by atoms with Crippen LogP contribution in [-0.2, 0) is 4.79 Å². The van der Waals surface area contributed by atoms with Crippen LogP contribution in [0.5, 0.6) is 0 Å². The largest absolute Gasteiger partial charge is 0.324 e. The number of amides is 1. The van der Waals surface area contributed by atoms with Gasteiger partial charge in [0.05, 0.1) is 5.69 Å². The highest BCUT2D eigenvalue weighted by atomic mass is 32.2. The minimum Gasteiger partial charge on any atom is -0.324 e. The fraction of sp³-hybridized carbons (Fsp3) is 0.125. The molecule has 6 nitrogen and oxygen atoms in total. The molecule has 1 amide bonds. The van der Waals surface area contributed by atoms with Crippen molar-refractivity contribution in [3.05, 3.63) is 54.5 Å². The van der Waals surface area contributed by atoms with Crippen molar-refractivity contribution < 1.29 is 9.18 Å². The van der Waals surface area contributed by atoms with Gasteiger partial charge in [0.25, 0.3) is 0 Å². The van der Waals surface area contributed by atoms with Crippen LogP contribution in [0.3, 0.4) is 0 Å². The summed E-state index contributed by atoms with van der Waals surface area (Å²) in [5, 5.41) is 9.97. The van der Waals surface area contributed by atoms with Crippen LogP contribution in [0.25, 0.3) is 11.5 Å². The maximum atomic E-state index is 13.5. The Bertz CT molecular complexity index is 824. The van der Waals surface area contributed by atoms with E-state index in [-0.39, 0.29) is 18.0 Å². The lowest BCUT2D eigenvalue weighted by molar-refractivity contribution is -0.115. The second kappa shape index (κ2) is 7.69. The van der Waals surface area contributed by atoms with Gasteiger partial charge in [-0.3, -0.25) is 14.9 Å². The number of H-pyrrole nitrogens is 1. The topological polar surface area (TPSA) is 83.6 Å². The normalized spacial score (nSPS) is 10.5. The number of aromatic amines is 1. The van der Waals surface area contributed by atoms with Gasteiger partial charge >= 0.3 is 0 Å². The van der Waals surface area contributed by atoms with Crippen molar-refractivity contribution in [1.82, 2.24) is 20.2 Å². The fourth-order valence-electron chi connectivity index (χ4n) is 1.94. The molecule has 122 valence electrons. The Morgan fingerprint density at radius 3 is 2.83 bits per heavy atom. The number of pyridine rings is 1. The van der Waals surface area contributed by atoms with Gasteiger partial charge in [0.15, 0.2) is 5.82 Å². The zero-order valence-corrected chi connectivity index (χ0v) is 13.4. The number of nitrogens with zero attached hydrogens (tertiary/aromatic N) is 3. The molecule has 3 aromatic rings. The van der Waals surface area contributed by atoms with Crippen molar-refractivity contribution in [2.45, 2.75) is 11.6 Å². The summed E-state index contributed by atoms with van der Waals surface area (Å²) >= 11 is 1.34. The first-order valence-electron chi connectivity index (χ1n) is 7.23. The number of benzene rings is 1. The molecule has 0 unspecified atom stereocenters. The lowest BCUT2D eigenvalue weighted by atomic mass is 10.3. The minimum atomic E-state index is -0.451. The van der Waals surface area contributed by atoms with Gasteiger partial charge in [-0.05, 0) is 24.3 Å². The summed E-state index contributed by atoms with van der Waals surface area (Å²) in [6.07, 6.45) is 1.91. The average molecular weight is 343 g/mol. The number of thioether (sulfide) groups is 1. The van der Waals surface area contributed by atoms with Crippen LogP contribution in [0.4, 0.5) is 10.1 Å². The molecule has 2 N–H and O–H groups in total. The van der Waals surface area contributed by atoms with E-state index >= 15 is 0 Å². The zero-order valence-electron chi connectivity index (χ0n) is 12.6. The molecule has 0 aliphatic carbocycles. The Morgan fingerprint density at radius 1 is 1.21 bits per heavy atom.